The molecule has 1 unspecified atom stereocenters. The number of hydrogen-bond donors (Lipinski definition) is 0. The molecule has 16 heavy (non-hydrogen) atoms. The van der Waals surface area contributed by atoms with Gasteiger partial charge in [0.25, 0.3) is 0 Å². The maximum atomic E-state index is 12.1. The van der Waals surface area contributed by atoms with Gasteiger partial charge in [-0.05, 0) is 32.9 Å². The van der Waals surface area contributed by atoms with E-state index in [1.165, 1.54) is 0 Å². The van der Waals surface area contributed by atoms with Crippen LogP contribution < -0.4 is 0 Å². The Kier molecular flexibility index (Phi) is 2.76. The van der Waals surface area contributed by atoms with Crippen LogP contribution in [0.3, 0.4) is 0 Å². The highest BCUT2D eigenvalue weighted by Crippen LogP contribution is 2.20. The molecular formula is C12H14N2OS. The van der Waals surface area contributed by atoms with Crippen molar-refractivity contribution < 1.29 is 4.21 Å². The topological polar surface area (TPSA) is 42.9 Å². The molecule has 84 valence electrons. The van der Waals surface area contributed by atoms with Gasteiger partial charge >= 0.3 is 0 Å². The molecule has 0 fully saturated rings. The quantitative estimate of drug-likeness (QED) is 0.761. The van der Waals surface area contributed by atoms with Crippen LogP contribution in [0.1, 0.15) is 20.8 Å². The van der Waals surface area contributed by atoms with Gasteiger partial charge in [0.1, 0.15) is 0 Å². The summed E-state index contributed by atoms with van der Waals surface area (Å²) in [6.45, 7) is 5.79. The summed E-state index contributed by atoms with van der Waals surface area (Å²) in [6.07, 6.45) is 0. The summed E-state index contributed by atoms with van der Waals surface area (Å²) in [4.78, 5) is 0. The van der Waals surface area contributed by atoms with Crippen molar-refractivity contribution >= 4 is 21.7 Å². The molecule has 0 radical (unpaired) electrons. The van der Waals surface area contributed by atoms with E-state index in [9.17, 15) is 4.21 Å². The van der Waals surface area contributed by atoms with Crippen LogP contribution in [-0.2, 0) is 10.8 Å². The second-order valence-electron chi connectivity index (χ2n) is 4.62. The Balaban J connectivity index is 2.52. The van der Waals surface area contributed by atoms with Gasteiger partial charge in [-0.25, -0.2) is 0 Å². The minimum absolute atomic E-state index is 0.308. The zero-order valence-electron chi connectivity index (χ0n) is 9.60. The molecule has 0 N–H and O–H groups in total. The average molecular weight is 234 g/mol. The van der Waals surface area contributed by atoms with Gasteiger partial charge in [-0.3, -0.25) is 4.21 Å². The summed E-state index contributed by atoms with van der Waals surface area (Å²) < 4.78 is 11.8. The van der Waals surface area contributed by atoms with Crippen molar-refractivity contribution in [1.29, 1.82) is 0 Å². The second-order valence-corrected chi connectivity index (χ2v) is 6.80. The van der Waals surface area contributed by atoms with Gasteiger partial charge in [0, 0.05) is 10.1 Å². The minimum Gasteiger partial charge on any atom is -0.252 e. The first-order chi connectivity index (χ1) is 7.48. The highest BCUT2D eigenvalue weighted by Gasteiger charge is 2.22. The molecule has 0 aliphatic heterocycles. The Morgan fingerprint density at radius 2 is 1.81 bits per heavy atom. The zero-order chi connectivity index (χ0) is 11.8. The van der Waals surface area contributed by atoms with E-state index >= 15 is 0 Å². The fourth-order valence-electron chi connectivity index (χ4n) is 1.37. The predicted molar refractivity (Wildman–Crippen MR) is 65.7 cm³/mol. The molecule has 0 aliphatic rings. The molecule has 3 nitrogen and oxygen atoms in total. The first-order valence-corrected chi connectivity index (χ1v) is 6.28. The van der Waals surface area contributed by atoms with Gasteiger partial charge in [0.05, 0.1) is 16.3 Å². The summed E-state index contributed by atoms with van der Waals surface area (Å²) in [5.41, 5.74) is 0.831. The van der Waals surface area contributed by atoms with E-state index in [1.807, 2.05) is 51.1 Å². The smallest absolute Gasteiger partial charge is 0.151 e. The summed E-state index contributed by atoms with van der Waals surface area (Å²) in [5.74, 6) is 0. The molecule has 1 heterocycles. The van der Waals surface area contributed by atoms with Gasteiger partial charge in [-0.2, -0.15) is 0 Å². The second kappa shape index (κ2) is 3.94. The molecule has 2 aromatic rings. The molecule has 0 spiro atoms. The maximum absolute atomic E-state index is 12.1. The lowest BCUT2D eigenvalue weighted by Gasteiger charge is -2.16. The SMILES string of the molecule is CC(C)(C)S(=O)c1cc2ccccc2nn1. The van der Waals surface area contributed by atoms with Crippen LogP contribution in [-0.4, -0.2) is 19.2 Å². The Morgan fingerprint density at radius 3 is 2.50 bits per heavy atom. The van der Waals surface area contributed by atoms with E-state index in [-0.39, 0.29) is 4.75 Å². The largest absolute Gasteiger partial charge is 0.252 e. The third kappa shape index (κ3) is 2.11. The number of rotatable bonds is 1. The summed E-state index contributed by atoms with van der Waals surface area (Å²) in [7, 11) is -1.13. The third-order valence-electron chi connectivity index (χ3n) is 2.22. The highest BCUT2D eigenvalue weighted by atomic mass is 32.2. The molecule has 0 saturated carbocycles. The van der Waals surface area contributed by atoms with E-state index in [0.29, 0.717) is 5.03 Å². The monoisotopic (exact) mass is 234 g/mol. The minimum atomic E-state index is -1.13. The van der Waals surface area contributed by atoms with Gasteiger partial charge in [-0.15, -0.1) is 10.2 Å². The van der Waals surface area contributed by atoms with Crippen molar-refractivity contribution in [2.75, 3.05) is 0 Å². The van der Waals surface area contributed by atoms with Crippen LogP contribution in [0.2, 0.25) is 0 Å². The molecule has 2 rings (SSSR count). The standard InChI is InChI=1S/C12H14N2OS/c1-12(2,3)16(15)11-8-9-6-4-5-7-10(9)13-14-11/h4-8H,1-3H3. The van der Waals surface area contributed by atoms with Crippen molar-refractivity contribution in [3.8, 4) is 0 Å². The van der Waals surface area contributed by atoms with Crippen LogP contribution in [0.5, 0.6) is 0 Å². The van der Waals surface area contributed by atoms with Gasteiger partial charge < -0.3 is 0 Å². The van der Waals surface area contributed by atoms with Crippen LogP contribution in [0, 0.1) is 0 Å². The lowest BCUT2D eigenvalue weighted by Crippen LogP contribution is -2.22. The van der Waals surface area contributed by atoms with E-state index in [4.69, 9.17) is 0 Å². The summed E-state index contributed by atoms with van der Waals surface area (Å²) in [6, 6.07) is 9.55. The number of hydrogen-bond acceptors (Lipinski definition) is 3. The molecule has 0 aliphatic carbocycles. The number of fused-ring (bicyclic) bond motifs is 1. The summed E-state index contributed by atoms with van der Waals surface area (Å²) in [5, 5.41) is 9.62. The Labute approximate surface area is 97.4 Å². The average Bonchev–Trinajstić information content (AvgIpc) is 2.26. The highest BCUT2D eigenvalue weighted by molar-refractivity contribution is 7.86. The molecular weight excluding hydrogens is 220 g/mol. The van der Waals surface area contributed by atoms with Crippen molar-refractivity contribution in [3.63, 3.8) is 0 Å². The van der Waals surface area contributed by atoms with Crippen molar-refractivity contribution in [2.24, 2.45) is 0 Å². The van der Waals surface area contributed by atoms with Gasteiger partial charge in [-0.1, -0.05) is 18.2 Å². The number of nitrogens with zero attached hydrogens (tertiary/aromatic N) is 2. The van der Waals surface area contributed by atoms with Crippen molar-refractivity contribution in [3.05, 3.63) is 30.3 Å². The third-order valence-corrected chi connectivity index (χ3v) is 3.91. The molecule has 1 aromatic carbocycles. The normalized spacial score (nSPS) is 13.9. The van der Waals surface area contributed by atoms with Crippen molar-refractivity contribution in [2.45, 2.75) is 30.5 Å². The predicted octanol–water partition coefficient (Wildman–Crippen LogP) is 2.54. The zero-order valence-corrected chi connectivity index (χ0v) is 10.4. The number of benzene rings is 1. The Bertz CT molecular complexity index is 546. The van der Waals surface area contributed by atoms with E-state index in [2.05, 4.69) is 10.2 Å². The molecule has 1 aromatic heterocycles. The molecule has 0 bridgehead atoms. The Morgan fingerprint density at radius 1 is 1.12 bits per heavy atom. The molecule has 4 heteroatoms. The van der Waals surface area contributed by atoms with E-state index < -0.39 is 10.8 Å². The maximum Gasteiger partial charge on any atom is 0.151 e. The fourth-order valence-corrected chi connectivity index (χ4v) is 2.35. The van der Waals surface area contributed by atoms with Crippen LogP contribution in [0.25, 0.3) is 10.9 Å². The van der Waals surface area contributed by atoms with E-state index in [0.717, 1.165) is 10.9 Å². The van der Waals surface area contributed by atoms with Crippen LogP contribution in [0.15, 0.2) is 35.4 Å². The van der Waals surface area contributed by atoms with Crippen LogP contribution >= 0.6 is 0 Å². The lowest BCUT2D eigenvalue weighted by molar-refractivity contribution is 0.643. The molecule has 0 amide bonds. The first-order valence-electron chi connectivity index (χ1n) is 5.13. The molecule has 1 atom stereocenters. The fraction of sp³-hybridized carbons (Fsp3) is 0.333. The first kappa shape index (κ1) is 11.2. The molecule has 0 saturated heterocycles. The Hall–Kier alpha value is -1.29. The van der Waals surface area contributed by atoms with Crippen molar-refractivity contribution in [1.82, 2.24) is 10.2 Å². The lowest BCUT2D eigenvalue weighted by atomic mass is 10.2. The van der Waals surface area contributed by atoms with Gasteiger partial charge in [0.15, 0.2) is 5.03 Å². The van der Waals surface area contributed by atoms with Gasteiger partial charge in [0.2, 0.25) is 0 Å². The summed E-state index contributed by atoms with van der Waals surface area (Å²) >= 11 is 0. The van der Waals surface area contributed by atoms with Crippen LogP contribution in [0.4, 0.5) is 0 Å². The number of aromatic nitrogens is 2. The van der Waals surface area contributed by atoms with E-state index in [1.54, 1.807) is 0 Å².